The van der Waals surface area contributed by atoms with Gasteiger partial charge in [0, 0.05) is 17.1 Å². The number of carboxylic acids is 1. The lowest BCUT2D eigenvalue weighted by Crippen LogP contribution is -2.32. The van der Waals surface area contributed by atoms with Crippen LogP contribution in [0.2, 0.25) is 0 Å². The maximum Gasteiger partial charge on any atom is 0.333 e. The molecule has 0 saturated carbocycles. The summed E-state index contributed by atoms with van der Waals surface area (Å²) in [6.07, 6.45) is 0.439. The van der Waals surface area contributed by atoms with Crippen molar-refractivity contribution in [3.05, 3.63) is 12.2 Å². The van der Waals surface area contributed by atoms with Crippen LogP contribution in [0.25, 0.3) is 0 Å². The van der Waals surface area contributed by atoms with Crippen molar-refractivity contribution in [1.82, 2.24) is 0 Å². The highest BCUT2D eigenvalue weighted by atomic mass is 32.2. The van der Waals surface area contributed by atoms with E-state index in [1.165, 1.54) is 25.8 Å². The molecular weight excluding hydrogens is 296 g/mol. The van der Waals surface area contributed by atoms with Crippen LogP contribution in [0.5, 0.6) is 0 Å². The Labute approximate surface area is 128 Å². The van der Waals surface area contributed by atoms with E-state index in [2.05, 4.69) is 11.3 Å². The zero-order chi connectivity index (χ0) is 16.5. The summed E-state index contributed by atoms with van der Waals surface area (Å²) >= 11 is 1.36. The summed E-state index contributed by atoms with van der Waals surface area (Å²) in [5.41, 5.74) is -0.740. The summed E-state index contributed by atoms with van der Waals surface area (Å²) in [5, 5.41) is 9.30. The van der Waals surface area contributed by atoms with Crippen LogP contribution in [0.15, 0.2) is 12.2 Å². The van der Waals surface area contributed by atoms with Gasteiger partial charge in [0.15, 0.2) is 0 Å². The third kappa shape index (κ3) is 7.75. The number of carbonyl (C=O) groups is 3. The molecule has 0 rings (SSSR count). The van der Waals surface area contributed by atoms with Gasteiger partial charge in [-0.15, -0.1) is 0 Å². The molecule has 0 aliphatic heterocycles. The van der Waals surface area contributed by atoms with Crippen LogP contribution >= 0.6 is 11.8 Å². The average Bonchev–Trinajstić information content (AvgIpc) is 2.42. The number of esters is 2. The van der Waals surface area contributed by atoms with Crippen LogP contribution in [0.1, 0.15) is 26.7 Å². The largest absolute Gasteiger partial charge is 0.481 e. The molecule has 0 aliphatic rings. The Morgan fingerprint density at radius 3 is 2.43 bits per heavy atom. The molecule has 0 spiro atoms. The van der Waals surface area contributed by atoms with Gasteiger partial charge in [-0.2, -0.15) is 11.8 Å². The van der Waals surface area contributed by atoms with Gasteiger partial charge in [0.05, 0.1) is 25.6 Å². The number of methoxy groups -OCH3 is 1. The second-order valence-corrected chi connectivity index (χ2v) is 6.02. The molecule has 6 nitrogen and oxygen atoms in total. The van der Waals surface area contributed by atoms with Crippen molar-refractivity contribution in [2.24, 2.45) is 5.41 Å². The van der Waals surface area contributed by atoms with E-state index in [-0.39, 0.29) is 31.0 Å². The van der Waals surface area contributed by atoms with Gasteiger partial charge in [-0.3, -0.25) is 9.59 Å². The summed E-state index contributed by atoms with van der Waals surface area (Å²) < 4.78 is 9.44. The molecular formula is C14H22O6S. The van der Waals surface area contributed by atoms with Crippen molar-refractivity contribution >= 4 is 29.7 Å². The molecule has 0 aromatic heterocycles. The molecule has 0 aromatic rings. The molecule has 1 unspecified atom stereocenters. The zero-order valence-corrected chi connectivity index (χ0v) is 13.5. The van der Waals surface area contributed by atoms with Gasteiger partial charge in [-0.25, -0.2) is 4.79 Å². The fourth-order valence-electron chi connectivity index (χ4n) is 1.29. The van der Waals surface area contributed by atoms with Crippen LogP contribution in [0.4, 0.5) is 0 Å². The van der Waals surface area contributed by atoms with Crippen LogP contribution < -0.4 is 0 Å². The Bertz CT molecular complexity index is 406. The maximum atomic E-state index is 11.4. The maximum absolute atomic E-state index is 11.4. The number of rotatable bonds is 10. The second kappa shape index (κ2) is 9.44. The molecule has 120 valence electrons. The summed E-state index contributed by atoms with van der Waals surface area (Å²) in [5.74, 6) is -0.999. The lowest BCUT2D eigenvalue weighted by molar-refractivity contribution is -0.150. The molecule has 0 bridgehead atoms. The first-order chi connectivity index (χ1) is 9.73. The van der Waals surface area contributed by atoms with E-state index in [9.17, 15) is 19.5 Å². The average molecular weight is 318 g/mol. The van der Waals surface area contributed by atoms with Gasteiger partial charge < -0.3 is 14.6 Å². The van der Waals surface area contributed by atoms with E-state index >= 15 is 0 Å². The van der Waals surface area contributed by atoms with E-state index in [0.717, 1.165) is 0 Å². The van der Waals surface area contributed by atoms with E-state index in [4.69, 9.17) is 4.74 Å². The molecule has 1 atom stereocenters. The molecule has 1 N–H and O–H groups in total. The molecule has 0 aliphatic carbocycles. The monoisotopic (exact) mass is 318 g/mol. The van der Waals surface area contributed by atoms with Gasteiger partial charge in [0.2, 0.25) is 0 Å². The number of carboxylic acid groups (broad SMARTS) is 1. The standard InChI is InChI=1S/C14H22O6S/c1-10(2)12(16)20-7-6-14(3,13(17)18)9-21-8-5-11(15)19-4/h1,5-9H2,2-4H3,(H,17,18). The van der Waals surface area contributed by atoms with Gasteiger partial charge in [-0.1, -0.05) is 6.58 Å². The van der Waals surface area contributed by atoms with Crippen LogP contribution in [0, 0.1) is 5.41 Å². The third-order valence-corrected chi connectivity index (χ3v) is 4.18. The Morgan fingerprint density at radius 2 is 1.95 bits per heavy atom. The quantitative estimate of drug-likeness (QED) is 0.373. The lowest BCUT2D eigenvalue weighted by atomic mass is 9.90. The van der Waals surface area contributed by atoms with Crippen LogP contribution in [-0.2, 0) is 23.9 Å². The van der Waals surface area contributed by atoms with Gasteiger partial charge in [0.1, 0.15) is 0 Å². The smallest absolute Gasteiger partial charge is 0.333 e. The first-order valence-corrected chi connectivity index (χ1v) is 7.59. The first-order valence-electron chi connectivity index (χ1n) is 6.43. The minimum Gasteiger partial charge on any atom is -0.481 e. The topological polar surface area (TPSA) is 89.9 Å². The highest BCUT2D eigenvalue weighted by Gasteiger charge is 2.33. The van der Waals surface area contributed by atoms with Gasteiger partial charge in [-0.05, 0) is 20.3 Å². The molecule has 7 heteroatoms. The van der Waals surface area contributed by atoms with E-state index < -0.39 is 17.4 Å². The van der Waals surface area contributed by atoms with Crippen molar-refractivity contribution < 1.29 is 29.0 Å². The predicted octanol–water partition coefficient (Wildman–Crippen LogP) is 1.88. The number of aliphatic carboxylic acids is 1. The fourth-order valence-corrected chi connectivity index (χ4v) is 2.46. The third-order valence-electron chi connectivity index (χ3n) is 2.85. The predicted molar refractivity (Wildman–Crippen MR) is 80.1 cm³/mol. The number of hydrogen-bond donors (Lipinski definition) is 1. The number of ether oxygens (including phenoxy) is 2. The van der Waals surface area contributed by atoms with Gasteiger partial charge >= 0.3 is 17.9 Å². The number of thioether (sulfide) groups is 1. The summed E-state index contributed by atoms with van der Waals surface area (Å²) in [7, 11) is 1.31. The summed E-state index contributed by atoms with van der Waals surface area (Å²) in [4.78, 5) is 33.6. The Morgan fingerprint density at radius 1 is 1.33 bits per heavy atom. The Balaban J connectivity index is 4.24. The molecule has 0 heterocycles. The Kier molecular flexibility index (Phi) is 8.76. The number of carbonyl (C=O) groups excluding carboxylic acids is 2. The molecule has 21 heavy (non-hydrogen) atoms. The molecule has 0 amide bonds. The second-order valence-electron chi connectivity index (χ2n) is 4.91. The molecule has 0 saturated heterocycles. The van der Waals surface area contributed by atoms with Crippen molar-refractivity contribution in [3.63, 3.8) is 0 Å². The first kappa shape index (κ1) is 19.5. The van der Waals surface area contributed by atoms with E-state index in [1.54, 1.807) is 6.92 Å². The van der Waals surface area contributed by atoms with Crippen molar-refractivity contribution in [1.29, 1.82) is 0 Å². The minimum absolute atomic E-state index is 0.0199. The lowest BCUT2D eigenvalue weighted by Gasteiger charge is -2.24. The van der Waals surface area contributed by atoms with Crippen molar-refractivity contribution in [2.75, 3.05) is 25.2 Å². The number of hydrogen-bond acceptors (Lipinski definition) is 6. The highest BCUT2D eigenvalue weighted by Crippen LogP contribution is 2.27. The van der Waals surface area contributed by atoms with Crippen LogP contribution in [-0.4, -0.2) is 48.2 Å². The van der Waals surface area contributed by atoms with Crippen molar-refractivity contribution in [2.45, 2.75) is 26.7 Å². The highest BCUT2D eigenvalue weighted by molar-refractivity contribution is 7.99. The molecule has 0 aromatic carbocycles. The minimum atomic E-state index is -1.02. The summed E-state index contributed by atoms with van der Waals surface area (Å²) in [6, 6.07) is 0. The molecule has 0 radical (unpaired) electrons. The van der Waals surface area contributed by atoms with E-state index in [1.807, 2.05) is 0 Å². The Hall–Kier alpha value is -1.50. The van der Waals surface area contributed by atoms with Gasteiger partial charge in [0.25, 0.3) is 0 Å². The SMILES string of the molecule is C=C(C)C(=O)OCCC(C)(CSCCC(=O)OC)C(=O)O. The normalized spacial score (nSPS) is 13.1. The zero-order valence-electron chi connectivity index (χ0n) is 12.6. The summed E-state index contributed by atoms with van der Waals surface area (Å²) in [6.45, 7) is 6.59. The van der Waals surface area contributed by atoms with Crippen molar-refractivity contribution in [3.8, 4) is 0 Å². The van der Waals surface area contributed by atoms with Crippen LogP contribution in [0.3, 0.4) is 0 Å². The van der Waals surface area contributed by atoms with E-state index in [0.29, 0.717) is 11.5 Å². The fraction of sp³-hybridized carbons (Fsp3) is 0.643. The molecule has 0 fully saturated rings.